The molecular formula is C15H14ClNO2. The van der Waals surface area contributed by atoms with Gasteiger partial charge in [-0.2, -0.15) is 0 Å². The molecule has 0 saturated heterocycles. The van der Waals surface area contributed by atoms with Crippen molar-refractivity contribution in [3.8, 4) is 0 Å². The molecule has 0 spiro atoms. The number of benzene rings is 1. The van der Waals surface area contributed by atoms with Crippen molar-refractivity contribution in [1.82, 2.24) is 5.32 Å². The minimum absolute atomic E-state index is 0.104. The fourth-order valence-electron chi connectivity index (χ4n) is 1.66. The topological polar surface area (TPSA) is 42.2 Å². The molecule has 4 heteroatoms. The number of halogens is 1. The van der Waals surface area contributed by atoms with Crippen LogP contribution in [0.5, 0.6) is 0 Å². The summed E-state index contributed by atoms with van der Waals surface area (Å²) in [6, 6.07) is 10.9. The number of carbonyl (C=O) groups excluding carboxylic acids is 1. The Morgan fingerprint density at radius 3 is 2.89 bits per heavy atom. The number of amides is 1. The van der Waals surface area contributed by atoms with E-state index in [4.69, 9.17) is 16.0 Å². The van der Waals surface area contributed by atoms with Crippen LogP contribution < -0.4 is 5.32 Å². The van der Waals surface area contributed by atoms with Crippen LogP contribution in [0.4, 0.5) is 0 Å². The molecule has 0 aliphatic rings. The molecule has 0 saturated carbocycles. The van der Waals surface area contributed by atoms with Crippen LogP contribution >= 0.6 is 11.6 Å². The third-order valence-corrected chi connectivity index (χ3v) is 2.88. The van der Waals surface area contributed by atoms with Crippen molar-refractivity contribution in [3.63, 3.8) is 0 Å². The highest BCUT2D eigenvalue weighted by molar-refractivity contribution is 6.30. The van der Waals surface area contributed by atoms with E-state index in [-0.39, 0.29) is 11.9 Å². The molecule has 1 atom stereocenters. The van der Waals surface area contributed by atoms with Crippen molar-refractivity contribution in [2.24, 2.45) is 0 Å². The van der Waals surface area contributed by atoms with Gasteiger partial charge in [0.2, 0.25) is 5.91 Å². The smallest absolute Gasteiger partial charge is 0.244 e. The van der Waals surface area contributed by atoms with Crippen LogP contribution in [0.25, 0.3) is 6.08 Å². The highest BCUT2D eigenvalue weighted by Gasteiger charge is 2.07. The third kappa shape index (κ3) is 4.00. The van der Waals surface area contributed by atoms with Crippen LogP contribution in [0, 0.1) is 0 Å². The van der Waals surface area contributed by atoms with Crippen LogP contribution in [-0.2, 0) is 4.79 Å². The van der Waals surface area contributed by atoms with Gasteiger partial charge in [0.05, 0.1) is 12.3 Å². The minimum atomic E-state index is -0.177. The molecule has 0 fully saturated rings. The van der Waals surface area contributed by atoms with Gasteiger partial charge in [-0.05, 0) is 42.8 Å². The molecule has 0 aliphatic carbocycles. The molecule has 19 heavy (non-hydrogen) atoms. The predicted molar refractivity (Wildman–Crippen MR) is 75.8 cm³/mol. The van der Waals surface area contributed by atoms with Gasteiger partial charge in [0.15, 0.2) is 0 Å². The van der Waals surface area contributed by atoms with E-state index < -0.39 is 0 Å². The first-order valence-electron chi connectivity index (χ1n) is 5.93. The van der Waals surface area contributed by atoms with Crippen molar-refractivity contribution >= 4 is 23.6 Å². The van der Waals surface area contributed by atoms with Crippen LogP contribution in [0.15, 0.2) is 53.2 Å². The van der Waals surface area contributed by atoms with Crippen molar-refractivity contribution in [2.75, 3.05) is 0 Å². The van der Waals surface area contributed by atoms with Crippen molar-refractivity contribution < 1.29 is 9.21 Å². The normalized spacial score (nSPS) is 12.5. The molecule has 0 unspecified atom stereocenters. The van der Waals surface area contributed by atoms with Gasteiger partial charge in [-0.3, -0.25) is 4.79 Å². The van der Waals surface area contributed by atoms with Gasteiger partial charge in [-0.25, -0.2) is 0 Å². The lowest BCUT2D eigenvalue weighted by molar-refractivity contribution is -0.117. The Morgan fingerprint density at radius 1 is 1.37 bits per heavy atom. The van der Waals surface area contributed by atoms with E-state index in [1.165, 1.54) is 6.08 Å². The molecule has 1 aromatic heterocycles. The summed E-state index contributed by atoms with van der Waals surface area (Å²) in [4.78, 5) is 11.7. The average Bonchev–Trinajstić information content (AvgIpc) is 2.89. The van der Waals surface area contributed by atoms with Gasteiger partial charge in [-0.1, -0.05) is 23.7 Å². The Hall–Kier alpha value is -2.00. The van der Waals surface area contributed by atoms with Crippen LogP contribution in [0.2, 0.25) is 5.02 Å². The number of furan rings is 1. The Kier molecular flexibility index (Phi) is 4.42. The largest absolute Gasteiger partial charge is 0.465 e. The van der Waals surface area contributed by atoms with E-state index in [1.807, 2.05) is 25.1 Å². The zero-order chi connectivity index (χ0) is 13.7. The fraction of sp³-hybridized carbons (Fsp3) is 0.133. The lowest BCUT2D eigenvalue weighted by Gasteiger charge is -2.13. The van der Waals surface area contributed by atoms with E-state index in [0.717, 1.165) is 5.56 Å². The van der Waals surface area contributed by atoms with Gasteiger partial charge in [-0.15, -0.1) is 0 Å². The van der Waals surface area contributed by atoms with E-state index in [2.05, 4.69) is 5.32 Å². The number of hydrogen-bond acceptors (Lipinski definition) is 2. The zero-order valence-corrected chi connectivity index (χ0v) is 11.2. The number of rotatable bonds is 4. The Morgan fingerprint density at radius 2 is 2.21 bits per heavy atom. The summed E-state index contributed by atoms with van der Waals surface area (Å²) in [7, 11) is 0. The summed E-state index contributed by atoms with van der Waals surface area (Å²) in [5, 5.41) is 3.52. The molecule has 0 radical (unpaired) electrons. The summed E-state index contributed by atoms with van der Waals surface area (Å²) in [6.07, 6.45) is 4.63. The van der Waals surface area contributed by atoms with E-state index in [1.54, 1.807) is 30.5 Å². The average molecular weight is 276 g/mol. The standard InChI is InChI=1S/C15H14ClNO2/c1-11(12-4-2-5-13(16)10-12)17-15(18)8-7-14-6-3-9-19-14/h2-11H,1H3,(H,17,18)/b8-7+/t11-/m1/s1. The number of nitrogens with one attached hydrogen (secondary N) is 1. The summed E-state index contributed by atoms with van der Waals surface area (Å²) in [5.41, 5.74) is 0.965. The summed E-state index contributed by atoms with van der Waals surface area (Å²) in [5.74, 6) is 0.467. The molecule has 1 aromatic carbocycles. The Labute approximate surface area is 116 Å². The number of carbonyl (C=O) groups is 1. The third-order valence-electron chi connectivity index (χ3n) is 2.65. The SMILES string of the molecule is C[C@@H](NC(=O)/C=C/c1ccco1)c1cccc(Cl)c1. The molecule has 1 N–H and O–H groups in total. The summed E-state index contributed by atoms with van der Waals surface area (Å²) in [6.45, 7) is 1.91. The maximum absolute atomic E-state index is 11.7. The van der Waals surface area contributed by atoms with E-state index >= 15 is 0 Å². The second-order valence-electron chi connectivity index (χ2n) is 4.13. The van der Waals surface area contributed by atoms with Gasteiger partial charge in [0.1, 0.15) is 5.76 Å². The highest BCUT2D eigenvalue weighted by atomic mass is 35.5. The molecule has 2 aromatic rings. The van der Waals surface area contributed by atoms with Gasteiger partial charge < -0.3 is 9.73 Å². The zero-order valence-electron chi connectivity index (χ0n) is 10.5. The maximum atomic E-state index is 11.7. The van der Waals surface area contributed by atoms with Crippen molar-refractivity contribution in [2.45, 2.75) is 13.0 Å². The van der Waals surface area contributed by atoms with E-state index in [0.29, 0.717) is 10.8 Å². The minimum Gasteiger partial charge on any atom is -0.465 e. The van der Waals surface area contributed by atoms with Crippen LogP contribution in [0.1, 0.15) is 24.3 Å². The van der Waals surface area contributed by atoms with E-state index in [9.17, 15) is 4.79 Å². The summed E-state index contributed by atoms with van der Waals surface area (Å²) >= 11 is 5.92. The molecule has 1 amide bonds. The van der Waals surface area contributed by atoms with Crippen molar-refractivity contribution in [3.05, 3.63) is 65.1 Å². The van der Waals surface area contributed by atoms with Gasteiger partial charge >= 0.3 is 0 Å². The summed E-state index contributed by atoms with van der Waals surface area (Å²) < 4.78 is 5.10. The predicted octanol–water partition coefficient (Wildman–Crippen LogP) is 3.82. The lowest BCUT2D eigenvalue weighted by Crippen LogP contribution is -2.24. The molecule has 1 heterocycles. The monoisotopic (exact) mass is 275 g/mol. The maximum Gasteiger partial charge on any atom is 0.244 e. The molecule has 98 valence electrons. The second-order valence-corrected chi connectivity index (χ2v) is 4.57. The molecule has 3 nitrogen and oxygen atoms in total. The molecule has 2 rings (SSSR count). The highest BCUT2D eigenvalue weighted by Crippen LogP contribution is 2.17. The first-order valence-corrected chi connectivity index (χ1v) is 6.30. The lowest BCUT2D eigenvalue weighted by atomic mass is 10.1. The molecular weight excluding hydrogens is 262 g/mol. The quantitative estimate of drug-likeness (QED) is 0.862. The van der Waals surface area contributed by atoms with Crippen molar-refractivity contribution in [1.29, 1.82) is 0 Å². The Bertz CT molecular complexity index is 576. The molecule has 0 aliphatic heterocycles. The van der Waals surface area contributed by atoms with Crippen LogP contribution in [-0.4, -0.2) is 5.91 Å². The first-order chi connectivity index (χ1) is 9.15. The van der Waals surface area contributed by atoms with Gasteiger partial charge in [0, 0.05) is 11.1 Å². The van der Waals surface area contributed by atoms with Crippen LogP contribution in [0.3, 0.4) is 0 Å². The molecule has 0 bridgehead atoms. The number of hydrogen-bond donors (Lipinski definition) is 1. The second kappa shape index (κ2) is 6.25. The first kappa shape index (κ1) is 13.4. The fourth-order valence-corrected chi connectivity index (χ4v) is 1.86. The Balaban J connectivity index is 1.95. The van der Waals surface area contributed by atoms with Gasteiger partial charge in [0.25, 0.3) is 0 Å².